The Morgan fingerprint density at radius 1 is 1.13 bits per heavy atom. The molecule has 1 amide bonds. The summed E-state index contributed by atoms with van der Waals surface area (Å²) in [7, 11) is 0. The van der Waals surface area contributed by atoms with Crippen molar-refractivity contribution in [3.05, 3.63) is 35.9 Å². The Balaban J connectivity index is 1.78. The first-order valence-electron chi connectivity index (χ1n) is 8.67. The summed E-state index contributed by atoms with van der Waals surface area (Å²) >= 11 is 0. The lowest BCUT2D eigenvalue weighted by Gasteiger charge is -2.35. The third-order valence-electron chi connectivity index (χ3n) is 5.27. The third-order valence-corrected chi connectivity index (χ3v) is 5.27. The molecule has 23 heavy (non-hydrogen) atoms. The van der Waals surface area contributed by atoms with Crippen LogP contribution in [0.4, 0.5) is 0 Å². The van der Waals surface area contributed by atoms with Gasteiger partial charge >= 0.3 is 0 Å². The Hall–Kier alpha value is -1.39. The average Bonchev–Trinajstić information content (AvgIpc) is 2.73. The van der Waals surface area contributed by atoms with Crippen molar-refractivity contribution in [2.24, 2.45) is 5.41 Å². The predicted octanol–water partition coefficient (Wildman–Crippen LogP) is 2.71. The molecule has 2 fully saturated rings. The number of likely N-dealkylation sites (tertiary alicyclic amines) is 1. The monoisotopic (exact) mass is 316 g/mol. The summed E-state index contributed by atoms with van der Waals surface area (Å²) in [5.41, 5.74) is 1.27. The zero-order valence-corrected chi connectivity index (χ0v) is 14.5. The van der Waals surface area contributed by atoms with Gasteiger partial charge in [-0.1, -0.05) is 30.3 Å². The lowest BCUT2D eigenvalue weighted by molar-refractivity contribution is -0.129. The molecule has 1 aromatic carbocycles. The van der Waals surface area contributed by atoms with E-state index >= 15 is 0 Å². The van der Waals surface area contributed by atoms with E-state index in [4.69, 9.17) is 4.74 Å². The zero-order chi connectivity index (χ0) is 16.4. The first kappa shape index (κ1) is 16.5. The highest BCUT2D eigenvalue weighted by molar-refractivity contribution is 5.79. The van der Waals surface area contributed by atoms with Gasteiger partial charge in [0.1, 0.15) is 0 Å². The van der Waals surface area contributed by atoms with Gasteiger partial charge in [-0.25, -0.2) is 0 Å². The molecule has 0 bridgehead atoms. The number of carbonyl (C=O) groups excluding carboxylic acids is 1. The molecular weight excluding hydrogens is 288 g/mol. The molecule has 0 aromatic heterocycles. The van der Waals surface area contributed by atoms with Crippen LogP contribution in [0.2, 0.25) is 0 Å². The highest BCUT2D eigenvalue weighted by atomic mass is 16.5. The smallest absolute Gasteiger partial charge is 0.223 e. The molecular formula is C19H28N2O2. The van der Waals surface area contributed by atoms with Gasteiger partial charge in [0.2, 0.25) is 5.91 Å². The molecule has 2 aliphatic heterocycles. The van der Waals surface area contributed by atoms with Crippen LogP contribution in [0.15, 0.2) is 30.3 Å². The minimum Gasteiger partial charge on any atom is -0.379 e. The number of amides is 1. The van der Waals surface area contributed by atoms with Gasteiger partial charge in [0.25, 0.3) is 0 Å². The van der Waals surface area contributed by atoms with E-state index in [0.29, 0.717) is 19.1 Å². The van der Waals surface area contributed by atoms with Gasteiger partial charge in [-0.3, -0.25) is 9.69 Å². The van der Waals surface area contributed by atoms with Crippen LogP contribution in [-0.4, -0.2) is 54.6 Å². The van der Waals surface area contributed by atoms with Crippen molar-refractivity contribution in [3.8, 4) is 0 Å². The molecule has 126 valence electrons. The van der Waals surface area contributed by atoms with E-state index in [1.165, 1.54) is 5.56 Å². The largest absolute Gasteiger partial charge is 0.379 e. The summed E-state index contributed by atoms with van der Waals surface area (Å²) in [4.78, 5) is 16.9. The molecule has 1 aromatic rings. The van der Waals surface area contributed by atoms with E-state index in [1.54, 1.807) is 0 Å². The number of hydrogen-bond donors (Lipinski definition) is 0. The molecule has 2 heterocycles. The van der Waals surface area contributed by atoms with Crippen LogP contribution in [0.1, 0.15) is 38.8 Å². The minimum atomic E-state index is -0.0547. The van der Waals surface area contributed by atoms with Crippen molar-refractivity contribution in [2.75, 3.05) is 32.8 Å². The number of benzene rings is 1. The third kappa shape index (κ3) is 3.43. The fourth-order valence-electron chi connectivity index (χ4n) is 3.90. The second kappa shape index (κ2) is 6.62. The summed E-state index contributed by atoms with van der Waals surface area (Å²) in [6.07, 6.45) is 0.614. The molecule has 4 heteroatoms. The molecule has 2 atom stereocenters. The first-order chi connectivity index (χ1) is 11.0. The second-order valence-corrected chi connectivity index (χ2v) is 7.40. The molecule has 3 rings (SSSR count). The maximum Gasteiger partial charge on any atom is 0.223 e. The molecule has 0 saturated carbocycles. The molecule has 2 saturated heterocycles. The molecule has 1 spiro atoms. The number of nitrogens with zero attached hydrogens (tertiary/aromatic N) is 2. The van der Waals surface area contributed by atoms with Crippen LogP contribution in [-0.2, 0) is 9.53 Å². The maximum atomic E-state index is 12.4. The predicted molar refractivity (Wildman–Crippen MR) is 91.1 cm³/mol. The van der Waals surface area contributed by atoms with E-state index in [0.717, 1.165) is 26.2 Å². The summed E-state index contributed by atoms with van der Waals surface area (Å²) in [5, 5.41) is 0. The van der Waals surface area contributed by atoms with E-state index in [-0.39, 0.29) is 17.4 Å². The quantitative estimate of drug-likeness (QED) is 0.859. The van der Waals surface area contributed by atoms with Crippen molar-refractivity contribution >= 4 is 5.91 Å². The number of carbonyl (C=O) groups is 1. The van der Waals surface area contributed by atoms with Crippen LogP contribution < -0.4 is 0 Å². The van der Waals surface area contributed by atoms with Gasteiger partial charge < -0.3 is 9.64 Å². The van der Waals surface area contributed by atoms with Gasteiger partial charge in [-0.05, 0) is 26.3 Å². The van der Waals surface area contributed by atoms with Gasteiger partial charge in [0.05, 0.1) is 13.2 Å². The van der Waals surface area contributed by atoms with Crippen molar-refractivity contribution in [3.63, 3.8) is 0 Å². The Labute approximate surface area is 139 Å². The van der Waals surface area contributed by atoms with Crippen LogP contribution in [0.3, 0.4) is 0 Å². The van der Waals surface area contributed by atoms with Crippen LogP contribution in [0, 0.1) is 5.41 Å². The highest BCUT2D eigenvalue weighted by Gasteiger charge is 2.46. The average molecular weight is 316 g/mol. The van der Waals surface area contributed by atoms with Gasteiger partial charge in [0, 0.05) is 43.6 Å². The summed E-state index contributed by atoms with van der Waals surface area (Å²) < 4.78 is 5.90. The van der Waals surface area contributed by atoms with E-state index in [2.05, 4.69) is 56.0 Å². The first-order valence-corrected chi connectivity index (χ1v) is 8.67. The van der Waals surface area contributed by atoms with Crippen LogP contribution in [0.5, 0.6) is 0 Å². The van der Waals surface area contributed by atoms with Crippen LogP contribution >= 0.6 is 0 Å². The molecule has 2 aliphatic rings. The number of ether oxygens (including phenoxy) is 1. The Kier molecular flexibility index (Phi) is 4.74. The summed E-state index contributed by atoms with van der Waals surface area (Å²) in [5.74, 6) is 0.276. The van der Waals surface area contributed by atoms with E-state index in [9.17, 15) is 4.79 Å². The number of hydrogen-bond acceptors (Lipinski definition) is 3. The second-order valence-electron chi connectivity index (χ2n) is 7.40. The fourth-order valence-corrected chi connectivity index (χ4v) is 3.90. The highest BCUT2D eigenvalue weighted by Crippen LogP contribution is 2.37. The fraction of sp³-hybridized carbons (Fsp3) is 0.632. The van der Waals surface area contributed by atoms with Crippen LogP contribution in [0.25, 0.3) is 0 Å². The Bertz CT molecular complexity index is 546. The van der Waals surface area contributed by atoms with Gasteiger partial charge in [0.15, 0.2) is 0 Å². The van der Waals surface area contributed by atoms with Gasteiger partial charge in [-0.15, -0.1) is 0 Å². The van der Waals surface area contributed by atoms with Gasteiger partial charge in [-0.2, -0.15) is 0 Å². The molecule has 0 aliphatic carbocycles. The summed E-state index contributed by atoms with van der Waals surface area (Å²) in [6, 6.07) is 11.2. The normalized spacial score (nSPS) is 27.7. The van der Waals surface area contributed by atoms with Crippen molar-refractivity contribution in [1.82, 2.24) is 9.80 Å². The van der Waals surface area contributed by atoms with Crippen molar-refractivity contribution in [2.45, 2.75) is 39.3 Å². The number of rotatable bonds is 3. The Morgan fingerprint density at radius 3 is 2.52 bits per heavy atom. The molecule has 0 radical (unpaired) electrons. The Morgan fingerprint density at radius 2 is 1.87 bits per heavy atom. The maximum absolute atomic E-state index is 12.4. The van der Waals surface area contributed by atoms with E-state index < -0.39 is 0 Å². The lowest BCUT2D eigenvalue weighted by atomic mass is 9.86. The van der Waals surface area contributed by atoms with Crippen molar-refractivity contribution in [1.29, 1.82) is 0 Å². The lowest BCUT2D eigenvalue weighted by Crippen LogP contribution is -2.42. The van der Waals surface area contributed by atoms with Crippen molar-refractivity contribution < 1.29 is 9.53 Å². The molecule has 4 nitrogen and oxygen atoms in total. The zero-order valence-electron chi connectivity index (χ0n) is 14.5. The molecule has 0 N–H and O–H groups in total. The van der Waals surface area contributed by atoms with E-state index in [1.807, 2.05) is 4.90 Å². The standard InChI is InChI=1S/C19H28N2O2/c1-15(2)21-13-19(11-18(21)22)12-20(9-10-23-14-19)16(3)17-7-5-4-6-8-17/h4-8,15-16H,9-14H2,1-3H3. The molecule has 2 unspecified atom stereocenters. The minimum absolute atomic E-state index is 0.0547. The SMILES string of the molecule is CC(c1ccccc1)N1CCOCC2(CC(=O)N(C(C)C)C2)C1. The topological polar surface area (TPSA) is 32.8 Å². The summed E-state index contributed by atoms with van der Waals surface area (Å²) in [6.45, 7) is 10.6.